The fourth-order valence-corrected chi connectivity index (χ4v) is 3.35. The third kappa shape index (κ3) is 6.35. The molecule has 0 unspecified atom stereocenters. The topological polar surface area (TPSA) is 66.0 Å². The van der Waals surface area contributed by atoms with Crippen LogP contribution in [0.4, 0.5) is 5.69 Å². The van der Waals surface area contributed by atoms with Crippen molar-refractivity contribution in [3.05, 3.63) is 59.7 Å². The summed E-state index contributed by atoms with van der Waals surface area (Å²) >= 11 is 0. The third-order valence-corrected chi connectivity index (χ3v) is 4.88. The molecule has 0 aromatic heterocycles. The average Bonchev–Trinajstić information content (AvgIpc) is 3.17. The van der Waals surface area contributed by atoms with Crippen molar-refractivity contribution in [3.63, 3.8) is 0 Å². The Bertz CT molecular complexity index is 824. The van der Waals surface area contributed by atoms with Gasteiger partial charge in [-0.25, -0.2) is 0 Å². The molecule has 1 aliphatic heterocycles. The largest absolute Gasteiger partial charge is 0.496 e. The second-order valence-corrected chi connectivity index (χ2v) is 6.73. The van der Waals surface area contributed by atoms with Gasteiger partial charge in [0.05, 0.1) is 7.11 Å². The van der Waals surface area contributed by atoms with Crippen molar-refractivity contribution in [1.29, 1.82) is 0 Å². The van der Waals surface area contributed by atoms with E-state index in [1.165, 1.54) is 5.56 Å². The van der Waals surface area contributed by atoms with E-state index in [0.29, 0.717) is 13.0 Å². The van der Waals surface area contributed by atoms with Crippen LogP contribution < -0.4 is 20.3 Å². The van der Waals surface area contributed by atoms with E-state index >= 15 is 0 Å². The molecule has 2 N–H and O–H groups in total. The molecule has 6 nitrogen and oxygen atoms in total. The molecule has 0 atom stereocenters. The number of benzene rings is 2. The summed E-state index contributed by atoms with van der Waals surface area (Å²) in [5.41, 5.74) is 3.29. The van der Waals surface area contributed by atoms with Crippen LogP contribution in [-0.2, 0) is 17.8 Å². The van der Waals surface area contributed by atoms with Gasteiger partial charge in [-0.05, 0) is 42.2 Å². The van der Waals surface area contributed by atoms with E-state index in [1.54, 1.807) is 14.2 Å². The lowest BCUT2D eigenvalue weighted by Gasteiger charge is -2.16. The number of hydrogen-bond acceptors (Lipinski definition) is 3. The zero-order valence-electron chi connectivity index (χ0n) is 17.0. The maximum absolute atomic E-state index is 11.8. The number of nitrogens with zero attached hydrogens (tertiary/aromatic N) is 2. The van der Waals surface area contributed by atoms with Crippen LogP contribution in [0.15, 0.2) is 53.5 Å². The smallest absolute Gasteiger partial charge is 0.227 e. The number of rotatable bonds is 7. The number of para-hydroxylation sites is 1. The molecule has 2 aromatic carbocycles. The number of anilines is 1. The van der Waals surface area contributed by atoms with E-state index in [2.05, 4.69) is 33.8 Å². The van der Waals surface area contributed by atoms with Crippen molar-refractivity contribution < 1.29 is 9.53 Å². The van der Waals surface area contributed by atoms with Gasteiger partial charge in [0.1, 0.15) is 5.75 Å². The number of guanidine groups is 1. The molecule has 0 bridgehead atoms. The summed E-state index contributed by atoms with van der Waals surface area (Å²) in [6, 6.07) is 16.2. The molecule has 0 radical (unpaired) electrons. The molecule has 7 heteroatoms. The van der Waals surface area contributed by atoms with Crippen molar-refractivity contribution in [1.82, 2.24) is 10.6 Å². The first-order chi connectivity index (χ1) is 13.7. The van der Waals surface area contributed by atoms with Gasteiger partial charge in [-0.3, -0.25) is 9.79 Å². The Labute approximate surface area is 189 Å². The number of carbonyl (C=O) groups is 1. The Balaban J connectivity index is 0.00000300. The first-order valence-electron chi connectivity index (χ1n) is 9.67. The Morgan fingerprint density at radius 3 is 2.55 bits per heavy atom. The van der Waals surface area contributed by atoms with Gasteiger partial charge < -0.3 is 20.3 Å². The van der Waals surface area contributed by atoms with Gasteiger partial charge in [0.15, 0.2) is 5.96 Å². The molecule has 0 spiro atoms. The molecule has 1 amide bonds. The van der Waals surface area contributed by atoms with Crippen molar-refractivity contribution in [2.24, 2.45) is 4.99 Å². The van der Waals surface area contributed by atoms with Gasteiger partial charge in [-0.2, -0.15) is 0 Å². The molecule has 0 saturated carbocycles. The summed E-state index contributed by atoms with van der Waals surface area (Å²) in [6.45, 7) is 2.25. The lowest BCUT2D eigenvalue weighted by Crippen LogP contribution is -2.37. The first kappa shape index (κ1) is 23.0. The maximum Gasteiger partial charge on any atom is 0.227 e. The van der Waals surface area contributed by atoms with E-state index in [9.17, 15) is 4.79 Å². The highest BCUT2D eigenvalue weighted by Crippen LogP contribution is 2.21. The number of aliphatic imine (C=N–C) groups is 1. The van der Waals surface area contributed by atoms with Gasteiger partial charge in [0.25, 0.3) is 0 Å². The Morgan fingerprint density at radius 1 is 1.14 bits per heavy atom. The standard InChI is InChI=1S/C22H28N4O2.HI/c1-23-22(24-14-13-18-6-3-4-7-20(18)28-2)25-16-17-9-11-19(12-10-17)26-15-5-8-21(26)27;/h3-4,6-7,9-12H,5,8,13-16H2,1-2H3,(H2,23,24,25);1H. The van der Waals surface area contributed by atoms with Crippen LogP contribution >= 0.6 is 24.0 Å². The van der Waals surface area contributed by atoms with E-state index < -0.39 is 0 Å². The van der Waals surface area contributed by atoms with Crippen LogP contribution in [0.3, 0.4) is 0 Å². The van der Waals surface area contributed by atoms with Gasteiger partial charge in [0.2, 0.25) is 5.91 Å². The Kier molecular flexibility index (Phi) is 9.24. The predicted octanol–water partition coefficient (Wildman–Crippen LogP) is 3.35. The number of halogens is 1. The van der Waals surface area contributed by atoms with Crippen molar-refractivity contribution in [2.45, 2.75) is 25.8 Å². The van der Waals surface area contributed by atoms with Crippen LogP contribution in [0.1, 0.15) is 24.0 Å². The van der Waals surface area contributed by atoms with E-state index in [-0.39, 0.29) is 29.9 Å². The molecule has 3 rings (SSSR count). The zero-order chi connectivity index (χ0) is 19.8. The molecule has 1 fully saturated rings. The number of methoxy groups -OCH3 is 1. The minimum atomic E-state index is 0. The summed E-state index contributed by atoms with van der Waals surface area (Å²) in [7, 11) is 3.46. The molecule has 1 saturated heterocycles. The van der Waals surface area contributed by atoms with Crippen LogP contribution in [0.5, 0.6) is 5.75 Å². The number of hydrogen-bond donors (Lipinski definition) is 2. The predicted molar refractivity (Wildman–Crippen MR) is 128 cm³/mol. The quantitative estimate of drug-likeness (QED) is 0.342. The Morgan fingerprint density at radius 2 is 1.90 bits per heavy atom. The summed E-state index contributed by atoms with van der Waals surface area (Å²) in [6.07, 6.45) is 2.45. The molecule has 0 aliphatic carbocycles. The number of nitrogens with one attached hydrogen (secondary N) is 2. The van der Waals surface area contributed by atoms with Gasteiger partial charge >= 0.3 is 0 Å². The molecule has 156 valence electrons. The summed E-state index contributed by atoms with van der Waals surface area (Å²) in [4.78, 5) is 18.0. The molecular weight excluding hydrogens is 479 g/mol. The monoisotopic (exact) mass is 508 g/mol. The van der Waals surface area contributed by atoms with Crippen LogP contribution in [0, 0.1) is 0 Å². The highest BCUT2D eigenvalue weighted by molar-refractivity contribution is 14.0. The summed E-state index contributed by atoms with van der Waals surface area (Å²) in [5, 5.41) is 6.66. The third-order valence-electron chi connectivity index (χ3n) is 4.88. The van der Waals surface area contributed by atoms with Gasteiger partial charge in [-0.15, -0.1) is 24.0 Å². The second kappa shape index (κ2) is 11.6. The number of ether oxygens (including phenoxy) is 1. The highest BCUT2D eigenvalue weighted by atomic mass is 127. The maximum atomic E-state index is 11.8. The fraction of sp³-hybridized carbons (Fsp3) is 0.364. The summed E-state index contributed by atoms with van der Waals surface area (Å²) < 4.78 is 5.39. The van der Waals surface area contributed by atoms with Gasteiger partial charge in [-0.1, -0.05) is 30.3 Å². The van der Waals surface area contributed by atoms with Crippen LogP contribution in [0.25, 0.3) is 0 Å². The molecule has 1 heterocycles. The van der Waals surface area contributed by atoms with E-state index in [1.807, 2.05) is 35.2 Å². The summed E-state index contributed by atoms with van der Waals surface area (Å²) in [5.74, 6) is 1.88. The van der Waals surface area contributed by atoms with Crippen LogP contribution in [0.2, 0.25) is 0 Å². The Hall–Kier alpha value is -2.29. The van der Waals surface area contributed by atoms with E-state index in [0.717, 1.165) is 48.9 Å². The fourth-order valence-electron chi connectivity index (χ4n) is 3.35. The first-order valence-corrected chi connectivity index (χ1v) is 9.67. The molecule has 1 aliphatic rings. The van der Waals surface area contributed by atoms with Gasteiger partial charge in [0, 0.05) is 38.8 Å². The number of carbonyl (C=O) groups excluding carboxylic acids is 1. The van der Waals surface area contributed by atoms with Crippen molar-refractivity contribution in [2.75, 3.05) is 32.1 Å². The molecule has 2 aromatic rings. The highest BCUT2D eigenvalue weighted by Gasteiger charge is 2.21. The lowest BCUT2D eigenvalue weighted by atomic mass is 10.1. The normalized spacial score (nSPS) is 13.8. The average molecular weight is 508 g/mol. The SMILES string of the molecule is CN=C(NCCc1ccccc1OC)NCc1ccc(N2CCCC2=O)cc1.I. The second-order valence-electron chi connectivity index (χ2n) is 6.73. The van der Waals surface area contributed by atoms with Crippen LogP contribution in [-0.4, -0.2) is 39.1 Å². The minimum Gasteiger partial charge on any atom is -0.496 e. The van der Waals surface area contributed by atoms with Crippen molar-refractivity contribution >= 4 is 41.5 Å². The van der Waals surface area contributed by atoms with E-state index in [4.69, 9.17) is 4.74 Å². The number of amides is 1. The zero-order valence-corrected chi connectivity index (χ0v) is 19.3. The minimum absolute atomic E-state index is 0. The molecule has 29 heavy (non-hydrogen) atoms. The molecular formula is C22H29IN4O2. The lowest BCUT2D eigenvalue weighted by molar-refractivity contribution is -0.117. The van der Waals surface area contributed by atoms with Crippen molar-refractivity contribution in [3.8, 4) is 5.75 Å².